The molecule has 4 aromatic rings. The molecule has 14 heteroatoms. The van der Waals surface area contributed by atoms with Crippen molar-refractivity contribution in [2.24, 2.45) is 0 Å². The monoisotopic (exact) mass is 803 g/mol. The molecule has 0 bridgehead atoms. The minimum atomic E-state index is -3.79. The Morgan fingerprint density at radius 3 is 2.04 bits per heavy atom. The van der Waals surface area contributed by atoms with Crippen LogP contribution in [0.3, 0.4) is 0 Å². The average molecular weight is 804 g/mol. The zero-order valence-electron chi connectivity index (χ0n) is 35.1. The molecule has 1 unspecified atom stereocenters. The number of nitrogens with zero attached hydrogens (tertiary/aromatic N) is 3. The lowest BCUT2D eigenvalue weighted by Gasteiger charge is -2.29. The van der Waals surface area contributed by atoms with Crippen molar-refractivity contribution >= 4 is 55.9 Å². The van der Waals surface area contributed by atoms with Crippen LogP contribution in [0.4, 0.5) is 26.8 Å². The molecule has 0 saturated carbocycles. The Hall–Kier alpha value is -5.21. The highest BCUT2D eigenvalue weighted by molar-refractivity contribution is 7.92. The SMILES string of the molecule is Cc1cc(C(Nc2ccc3c(N(C(=O)OC(C)(C)C)C(=O)OC(C)(C)C)nccc3c2)C(=O)N(C)Cc2cc(N)ccc2S(=O)(=O)C(C)(C)C)ccc1[C@@H](C)CO. The summed E-state index contributed by atoms with van der Waals surface area (Å²) in [5.41, 5.74) is 7.99. The Labute approximate surface area is 336 Å². The number of ether oxygens (including phenoxy) is 2. The zero-order valence-corrected chi connectivity index (χ0v) is 35.9. The summed E-state index contributed by atoms with van der Waals surface area (Å²) in [5.74, 6) is -0.488. The number of hydrogen-bond acceptors (Lipinski definition) is 11. The second-order valence-electron chi connectivity index (χ2n) is 17.3. The van der Waals surface area contributed by atoms with Gasteiger partial charge in [-0.15, -0.1) is 0 Å². The third kappa shape index (κ3) is 10.6. The number of amides is 3. The number of aliphatic hydroxyl groups is 1. The predicted octanol–water partition coefficient (Wildman–Crippen LogP) is 8.28. The van der Waals surface area contributed by atoms with Gasteiger partial charge in [0.15, 0.2) is 15.7 Å². The lowest BCUT2D eigenvalue weighted by Crippen LogP contribution is -2.44. The number of sulfone groups is 1. The van der Waals surface area contributed by atoms with Gasteiger partial charge in [-0.2, -0.15) is 4.90 Å². The number of nitrogens with two attached hydrogens (primary N) is 1. The molecule has 0 spiro atoms. The Balaban J connectivity index is 1.81. The van der Waals surface area contributed by atoms with Crippen molar-refractivity contribution in [3.05, 3.63) is 89.1 Å². The van der Waals surface area contributed by atoms with E-state index in [2.05, 4.69) is 10.3 Å². The molecule has 0 aliphatic carbocycles. The first kappa shape index (κ1) is 44.5. The van der Waals surface area contributed by atoms with Crippen LogP contribution in [-0.2, 0) is 30.7 Å². The molecule has 0 fully saturated rings. The van der Waals surface area contributed by atoms with Gasteiger partial charge >= 0.3 is 12.2 Å². The van der Waals surface area contributed by atoms with Crippen molar-refractivity contribution in [1.29, 1.82) is 0 Å². The highest BCUT2D eigenvalue weighted by Gasteiger charge is 2.36. The van der Waals surface area contributed by atoms with E-state index >= 15 is 0 Å². The standard InChI is InChI=1S/C43H57N5O8S/c1-26-21-29(13-16-33(26)27(2)25-49)36(38(50)47(12)24-30-22-31(44)14-18-35(30)57(53,54)43(9,10)11)46-32-15-17-34-28(23-32)19-20-45-37(34)48(39(51)55-41(3,4)5)40(52)56-42(6,7)8/h13-23,27,36,46,49H,24-25,44H2,1-12H3/t27-,36?/m0/s1. The molecule has 13 nitrogen and oxygen atoms in total. The molecule has 0 saturated heterocycles. The average Bonchev–Trinajstić information content (AvgIpc) is 3.07. The molecule has 1 heterocycles. The molecule has 4 rings (SSSR count). The molecule has 1 aromatic heterocycles. The number of rotatable bonds is 10. The van der Waals surface area contributed by atoms with Crippen LogP contribution in [0.15, 0.2) is 71.8 Å². The maximum Gasteiger partial charge on any atom is 0.425 e. The summed E-state index contributed by atoms with van der Waals surface area (Å²) in [7, 11) is -2.19. The quantitative estimate of drug-likeness (QED) is 0.131. The van der Waals surface area contributed by atoms with Gasteiger partial charge in [-0.1, -0.05) is 25.1 Å². The maximum atomic E-state index is 14.6. The van der Waals surface area contributed by atoms with E-state index in [0.29, 0.717) is 33.3 Å². The Kier molecular flexibility index (Phi) is 13.1. The van der Waals surface area contributed by atoms with Crippen molar-refractivity contribution in [2.45, 2.75) is 116 Å². The number of pyridine rings is 1. The van der Waals surface area contributed by atoms with Crippen LogP contribution in [0.25, 0.3) is 10.8 Å². The molecule has 308 valence electrons. The third-order valence-electron chi connectivity index (χ3n) is 9.06. The molecule has 3 amide bonds. The fourth-order valence-electron chi connectivity index (χ4n) is 6.15. The summed E-state index contributed by atoms with van der Waals surface area (Å²) in [5, 5.41) is 14.3. The number of carbonyl (C=O) groups is 3. The molecule has 0 aliphatic heterocycles. The molecular formula is C43H57N5O8S. The van der Waals surface area contributed by atoms with Crippen LogP contribution in [0.2, 0.25) is 0 Å². The maximum absolute atomic E-state index is 14.6. The number of benzene rings is 3. The molecule has 0 radical (unpaired) electrons. The van der Waals surface area contributed by atoms with Crippen LogP contribution in [0.5, 0.6) is 0 Å². The van der Waals surface area contributed by atoms with E-state index in [1.54, 1.807) is 99.7 Å². The number of aliphatic hydroxyl groups excluding tert-OH is 1. The lowest BCUT2D eigenvalue weighted by atomic mass is 9.93. The first-order valence-electron chi connectivity index (χ1n) is 18.7. The van der Waals surface area contributed by atoms with Crippen molar-refractivity contribution in [2.75, 3.05) is 29.6 Å². The van der Waals surface area contributed by atoms with Gasteiger partial charge in [0.2, 0.25) is 5.91 Å². The van der Waals surface area contributed by atoms with Gasteiger partial charge in [-0.05, 0) is 139 Å². The number of carbonyl (C=O) groups excluding carboxylic acids is 3. The first-order valence-corrected chi connectivity index (χ1v) is 20.2. The van der Waals surface area contributed by atoms with Crippen LogP contribution < -0.4 is 16.0 Å². The summed E-state index contributed by atoms with van der Waals surface area (Å²) in [6.45, 7) is 18.7. The van der Waals surface area contributed by atoms with Crippen LogP contribution in [0, 0.1) is 6.92 Å². The van der Waals surface area contributed by atoms with Gasteiger partial charge in [0, 0.05) is 49.1 Å². The number of nitrogens with one attached hydrogen (secondary N) is 1. The van der Waals surface area contributed by atoms with Crippen molar-refractivity contribution in [3.63, 3.8) is 0 Å². The summed E-state index contributed by atoms with van der Waals surface area (Å²) in [4.78, 5) is 48.3. The summed E-state index contributed by atoms with van der Waals surface area (Å²) in [6.07, 6.45) is -0.458. The van der Waals surface area contributed by atoms with Crippen LogP contribution in [-0.4, -0.2) is 71.1 Å². The molecule has 2 atom stereocenters. The van der Waals surface area contributed by atoms with Crippen LogP contribution >= 0.6 is 0 Å². The number of anilines is 3. The van der Waals surface area contributed by atoms with Crippen molar-refractivity contribution in [1.82, 2.24) is 9.88 Å². The van der Waals surface area contributed by atoms with Gasteiger partial charge in [0.05, 0.1) is 9.64 Å². The number of imide groups is 1. The largest absolute Gasteiger partial charge is 0.443 e. The Morgan fingerprint density at radius 1 is 0.877 bits per heavy atom. The van der Waals surface area contributed by atoms with Crippen molar-refractivity contribution in [3.8, 4) is 0 Å². The van der Waals surface area contributed by atoms with E-state index in [1.165, 1.54) is 23.2 Å². The molecule has 4 N–H and O–H groups in total. The molecular weight excluding hydrogens is 747 g/mol. The first-order chi connectivity index (χ1) is 26.2. The Morgan fingerprint density at radius 2 is 1.49 bits per heavy atom. The number of nitrogen functional groups attached to an aromatic ring is 1. The smallest absolute Gasteiger partial charge is 0.425 e. The van der Waals surface area contributed by atoms with E-state index in [0.717, 1.165) is 16.0 Å². The molecule has 57 heavy (non-hydrogen) atoms. The van der Waals surface area contributed by atoms with Gasteiger partial charge in [-0.25, -0.2) is 23.0 Å². The molecule has 0 aliphatic rings. The minimum absolute atomic E-state index is 0.00211. The van der Waals surface area contributed by atoms with Gasteiger partial charge < -0.3 is 30.5 Å². The number of hydrogen-bond donors (Lipinski definition) is 3. The number of aryl methyl sites for hydroxylation is 1. The van der Waals surface area contributed by atoms with Gasteiger partial charge in [-0.3, -0.25) is 4.79 Å². The molecule has 3 aromatic carbocycles. The lowest BCUT2D eigenvalue weighted by molar-refractivity contribution is -0.131. The van der Waals surface area contributed by atoms with E-state index in [9.17, 15) is 27.9 Å². The van der Waals surface area contributed by atoms with Gasteiger partial charge in [0.25, 0.3) is 0 Å². The third-order valence-corrected chi connectivity index (χ3v) is 11.7. The summed E-state index contributed by atoms with van der Waals surface area (Å²) < 4.78 is 37.3. The summed E-state index contributed by atoms with van der Waals surface area (Å²) >= 11 is 0. The normalized spacial score (nSPS) is 13.4. The predicted molar refractivity (Wildman–Crippen MR) is 224 cm³/mol. The van der Waals surface area contributed by atoms with E-state index in [-0.39, 0.29) is 35.7 Å². The highest BCUT2D eigenvalue weighted by atomic mass is 32.2. The van der Waals surface area contributed by atoms with Crippen molar-refractivity contribution < 1.29 is 37.4 Å². The second-order valence-corrected chi connectivity index (χ2v) is 20.0. The van der Waals surface area contributed by atoms with E-state index < -0.39 is 44.0 Å². The number of likely N-dealkylation sites (N-methyl/N-ethyl adjacent to an activating group) is 1. The summed E-state index contributed by atoms with van der Waals surface area (Å²) in [6, 6.07) is 16.1. The van der Waals surface area contributed by atoms with Crippen LogP contribution in [0.1, 0.15) is 103 Å². The fourth-order valence-corrected chi connectivity index (χ4v) is 7.52. The fraction of sp³-hybridized carbons (Fsp3) is 0.442. The number of aromatic nitrogens is 1. The number of fused-ring (bicyclic) bond motifs is 1. The minimum Gasteiger partial charge on any atom is -0.443 e. The van der Waals surface area contributed by atoms with E-state index in [4.69, 9.17) is 15.2 Å². The topological polar surface area (TPSA) is 181 Å². The zero-order chi connectivity index (χ0) is 42.8. The highest BCUT2D eigenvalue weighted by Crippen LogP contribution is 2.34. The van der Waals surface area contributed by atoms with E-state index in [1.807, 2.05) is 32.0 Å². The van der Waals surface area contributed by atoms with Gasteiger partial charge in [0.1, 0.15) is 17.2 Å². The Bertz CT molecular complexity index is 2230. The second kappa shape index (κ2) is 16.7.